The number of amides is 1. The molecular formula is C21H24FN7O. The molecule has 1 fully saturated rings. The molecule has 4 rings (SSSR count). The molecule has 0 saturated carbocycles. The number of anilines is 3. The molecule has 0 radical (unpaired) electrons. The first-order chi connectivity index (χ1) is 14.4. The second-order valence-corrected chi connectivity index (χ2v) is 7.51. The fourth-order valence-corrected chi connectivity index (χ4v) is 3.77. The number of aromatic nitrogens is 3. The lowest BCUT2D eigenvalue weighted by Crippen LogP contribution is -2.43. The fraction of sp³-hybridized carbons (Fsp3) is 0.286. The number of nitrogens with zero attached hydrogens (tertiary/aromatic N) is 3. The van der Waals surface area contributed by atoms with E-state index in [0.29, 0.717) is 36.0 Å². The third-order valence-corrected chi connectivity index (χ3v) is 5.08. The molecular weight excluding hydrogens is 385 g/mol. The van der Waals surface area contributed by atoms with Gasteiger partial charge in [-0.15, -0.1) is 0 Å². The van der Waals surface area contributed by atoms with Crippen LogP contribution in [0.25, 0.3) is 11.3 Å². The van der Waals surface area contributed by atoms with Gasteiger partial charge in [0.1, 0.15) is 11.6 Å². The lowest BCUT2D eigenvalue weighted by atomic mass is 10.1. The molecule has 1 aliphatic rings. The highest BCUT2D eigenvalue weighted by Crippen LogP contribution is 2.31. The van der Waals surface area contributed by atoms with Crippen molar-refractivity contribution in [3.63, 3.8) is 0 Å². The van der Waals surface area contributed by atoms with Crippen molar-refractivity contribution >= 4 is 23.1 Å². The number of para-hydroxylation sites is 1. The Bertz CT molecular complexity index is 1060. The summed E-state index contributed by atoms with van der Waals surface area (Å²) in [5, 5.41) is 2.78. The number of H-pyrrole nitrogens is 1. The highest BCUT2D eigenvalue weighted by atomic mass is 19.1. The van der Waals surface area contributed by atoms with Gasteiger partial charge in [-0.25, -0.2) is 14.4 Å². The Morgan fingerprint density at radius 3 is 2.97 bits per heavy atom. The van der Waals surface area contributed by atoms with Gasteiger partial charge in [-0.1, -0.05) is 6.07 Å². The highest BCUT2D eigenvalue weighted by Gasteiger charge is 2.23. The van der Waals surface area contributed by atoms with E-state index in [9.17, 15) is 9.18 Å². The molecule has 1 unspecified atom stereocenters. The molecule has 1 aliphatic heterocycles. The summed E-state index contributed by atoms with van der Waals surface area (Å²) < 4.78 is 14.6. The lowest BCUT2D eigenvalue weighted by molar-refractivity contribution is 0.101. The van der Waals surface area contributed by atoms with Crippen LogP contribution in [0.3, 0.4) is 0 Å². The van der Waals surface area contributed by atoms with Crippen LogP contribution in [0.15, 0.2) is 36.5 Å². The Morgan fingerprint density at radius 1 is 1.37 bits per heavy atom. The molecule has 3 heterocycles. The van der Waals surface area contributed by atoms with Crippen LogP contribution in [0.5, 0.6) is 0 Å². The molecule has 0 spiro atoms. The van der Waals surface area contributed by atoms with Gasteiger partial charge in [0.15, 0.2) is 5.82 Å². The summed E-state index contributed by atoms with van der Waals surface area (Å²) in [6, 6.07) is 8.14. The third kappa shape index (κ3) is 4.11. The molecule has 8 nitrogen and oxygen atoms in total. The van der Waals surface area contributed by atoms with Gasteiger partial charge in [-0.3, -0.25) is 4.79 Å². The Balaban J connectivity index is 1.58. The molecule has 2 aromatic heterocycles. The van der Waals surface area contributed by atoms with E-state index in [1.807, 2.05) is 17.9 Å². The van der Waals surface area contributed by atoms with E-state index < -0.39 is 11.7 Å². The molecule has 1 amide bonds. The van der Waals surface area contributed by atoms with Crippen molar-refractivity contribution in [3.8, 4) is 11.3 Å². The van der Waals surface area contributed by atoms with E-state index in [2.05, 4.69) is 20.3 Å². The molecule has 0 aliphatic carbocycles. The van der Waals surface area contributed by atoms with Crippen LogP contribution in [0.4, 0.5) is 21.6 Å². The number of rotatable bonds is 4. The molecule has 30 heavy (non-hydrogen) atoms. The Morgan fingerprint density at radius 2 is 2.20 bits per heavy atom. The summed E-state index contributed by atoms with van der Waals surface area (Å²) in [6.07, 6.45) is 3.33. The lowest BCUT2D eigenvalue weighted by Gasteiger charge is -2.34. The molecule has 1 aromatic carbocycles. The minimum atomic E-state index is -0.465. The first-order valence-electron chi connectivity index (χ1n) is 9.80. The number of piperidine rings is 1. The summed E-state index contributed by atoms with van der Waals surface area (Å²) in [5.41, 5.74) is 14.8. The smallest absolute Gasteiger partial charge is 0.291 e. The van der Waals surface area contributed by atoms with Gasteiger partial charge < -0.3 is 26.7 Å². The predicted octanol–water partition coefficient (Wildman–Crippen LogP) is 2.68. The number of hydrogen-bond acceptors (Lipinski definition) is 6. The SMILES string of the molecule is Cc1cc(-c2cnc(C(=O)Nc3cccc(F)c3N3CCCC(N)C3)[nH]2)cc(N)n1. The first kappa shape index (κ1) is 19.8. The number of nitrogens with one attached hydrogen (secondary N) is 2. The zero-order valence-electron chi connectivity index (χ0n) is 16.7. The summed E-state index contributed by atoms with van der Waals surface area (Å²) in [7, 11) is 0. The maximum atomic E-state index is 14.6. The maximum Gasteiger partial charge on any atom is 0.291 e. The minimum Gasteiger partial charge on any atom is -0.384 e. The van der Waals surface area contributed by atoms with Crippen molar-refractivity contribution in [1.29, 1.82) is 0 Å². The summed E-state index contributed by atoms with van der Waals surface area (Å²) >= 11 is 0. The number of carbonyl (C=O) groups excluding carboxylic acids is 1. The normalized spacial score (nSPS) is 16.5. The molecule has 156 valence electrons. The topological polar surface area (TPSA) is 126 Å². The Labute approximate surface area is 173 Å². The number of carbonyl (C=O) groups is 1. The summed E-state index contributed by atoms with van der Waals surface area (Å²) in [6.45, 7) is 3.06. The summed E-state index contributed by atoms with van der Waals surface area (Å²) in [4.78, 5) is 26.0. The number of imidazole rings is 1. The largest absolute Gasteiger partial charge is 0.384 e. The van der Waals surface area contributed by atoms with E-state index >= 15 is 0 Å². The van der Waals surface area contributed by atoms with Gasteiger partial charge in [0.2, 0.25) is 0 Å². The van der Waals surface area contributed by atoms with Gasteiger partial charge >= 0.3 is 0 Å². The molecule has 9 heteroatoms. The Hall–Kier alpha value is -3.46. The summed E-state index contributed by atoms with van der Waals surface area (Å²) in [5.74, 6) is -0.365. The monoisotopic (exact) mass is 409 g/mol. The van der Waals surface area contributed by atoms with E-state index in [1.54, 1.807) is 24.4 Å². The van der Waals surface area contributed by atoms with E-state index in [4.69, 9.17) is 11.5 Å². The molecule has 0 bridgehead atoms. The van der Waals surface area contributed by atoms with Crippen molar-refractivity contribution in [3.05, 3.63) is 53.9 Å². The quantitative estimate of drug-likeness (QED) is 0.525. The number of aromatic amines is 1. The van der Waals surface area contributed by atoms with Gasteiger partial charge in [-0.2, -0.15) is 0 Å². The maximum absolute atomic E-state index is 14.6. The number of benzene rings is 1. The van der Waals surface area contributed by atoms with Crippen molar-refractivity contribution in [2.45, 2.75) is 25.8 Å². The number of halogens is 1. The molecule has 6 N–H and O–H groups in total. The van der Waals surface area contributed by atoms with E-state index in [1.165, 1.54) is 6.07 Å². The fourth-order valence-electron chi connectivity index (χ4n) is 3.77. The molecule has 3 aromatic rings. The van der Waals surface area contributed by atoms with Crippen LogP contribution >= 0.6 is 0 Å². The zero-order valence-corrected chi connectivity index (χ0v) is 16.7. The van der Waals surface area contributed by atoms with Crippen LogP contribution in [-0.4, -0.2) is 40.0 Å². The van der Waals surface area contributed by atoms with E-state index in [0.717, 1.165) is 24.1 Å². The van der Waals surface area contributed by atoms with Crippen molar-refractivity contribution in [1.82, 2.24) is 15.0 Å². The van der Waals surface area contributed by atoms with E-state index in [-0.39, 0.29) is 11.9 Å². The minimum absolute atomic E-state index is 0.0224. The van der Waals surface area contributed by atoms with Crippen LogP contribution < -0.4 is 21.7 Å². The highest BCUT2D eigenvalue weighted by molar-refractivity contribution is 6.04. The second kappa shape index (κ2) is 8.11. The van der Waals surface area contributed by atoms with Crippen LogP contribution in [0.1, 0.15) is 29.2 Å². The van der Waals surface area contributed by atoms with Crippen LogP contribution in [-0.2, 0) is 0 Å². The third-order valence-electron chi connectivity index (χ3n) is 5.08. The number of pyridine rings is 1. The van der Waals surface area contributed by atoms with Gasteiger partial charge in [0.05, 0.1) is 23.3 Å². The number of aryl methyl sites for hydroxylation is 1. The number of hydrogen-bond donors (Lipinski definition) is 4. The average molecular weight is 409 g/mol. The zero-order chi connectivity index (χ0) is 21.3. The van der Waals surface area contributed by atoms with Crippen molar-refractivity contribution in [2.75, 3.05) is 29.0 Å². The Kier molecular flexibility index (Phi) is 5.37. The molecule has 1 saturated heterocycles. The number of nitrogen functional groups attached to an aromatic ring is 1. The van der Waals surface area contributed by atoms with Crippen LogP contribution in [0, 0.1) is 12.7 Å². The van der Waals surface area contributed by atoms with Crippen LogP contribution in [0.2, 0.25) is 0 Å². The first-order valence-corrected chi connectivity index (χ1v) is 9.80. The average Bonchev–Trinajstić information content (AvgIpc) is 3.18. The van der Waals surface area contributed by atoms with Crippen molar-refractivity contribution < 1.29 is 9.18 Å². The van der Waals surface area contributed by atoms with Crippen molar-refractivity contribution in [2.24, 2.45) is 5.73 Å². The van der Waals surface area contributed by atoms with Gasteiger partial charge in [0, 0.05) is 30.4 Å². The van der Waals surface area contributed by atoms with Gasteiger partial charge in [0.25, 0.3) is 5.91 Å². The predicted molar refractivity (Wildman–Crippen MR) is 115 cm³/mol. The second-order valence-electron chi connectivity index (χ2n) is 7.51. The standard InChI is InChI=1S/C21H24FN7O/c1-12-8-13(9-18(24)26-12)17-10-25-20(27-17)21(30)28-16-6-2-5-15(22)19(16)29-7-3-4-14(23)11-29/h2,5-6,8-10,14H,3-4,7,11,23H2,1H3,(H2,24,26)(H,25,27)(H,28,30). The molecule has 1 atom stereocenters. The number of nitrogens with two attached hydrogens (primary N) is 2. The van der Waals surface area contributed by atoms with Gasteiger partial charge in [-0.05, 0) is 44.0 Å².